The molecule has 0 atom stereocenters. The fourth-order valence-electron chi connectivity index (χ4n) is 2.42. The number of benzene rings is 1. The van der Waals surface area contributed by atoms with Crippen LogP contribution in [-0.4, -0.2) is 27.8 Å². The number of H-pyrrole nitrogens is 1. The number of carbonyl (C=O) groups is 1. The van der Waals surface area contributed by atoms with Crippen molar-refractivity contribution in [3.63, 3.8) is 0 Å². The summed E-state index contributed by atoms with van der Waals surface area (Å²) in [6, 6.07) is 9.79. The number of rotatable bonds is 6. The van der Waals surface area contributed by atoms with Gasteiger partial charge in [-0.1, -0.05) is 30.3 Å². The van der Waals surface area contributed by atoms with Gasteiger partial charge in [-0.3, -0.25) is 9.59 Å². The quantitative estimate of drug-likeness (QED) is 0.664. The molecule has 3 aromatic rings. The molecular formula is C18H18N2O3S2. The van der Waals surface area contributed by atoms with Gasteiger partial charge in [0.05, 0.1) is 23.0 Å². The van der Waals surface area contributed by atoms with Crippen LogP contribution in [0.25, 0.3) is 21.3 Å². The van der Waals surface area contributed by atoms with Crippen LogP contribution in [-0.2, 0) is 15.3 Å². The number of aromatic nitrogens is 2. The molecule has 0 amide bonds. The number of nitrogens with zero attached hydrogens (tertiary/aromatic N) is 1. The Morgan fingerprint density at radius 3 is 2.80 bits per heavy atom. The highest BCUT2D eigenvalue weighted by atomic mass is 32.2. The standard InChI is InChI=1S/C18H18N2O3S2/c1-11(2)23-15(21)10-24-9-14-19-17(22)16-13(8-25-18(16)20-14)12-6-4-3-5-7-12/h3-8,11H,9-10H2,1-2H3,(H,19,20,22). The second-order valence-corrected chi connectivity index (χ2v) is 7.58. The third kappa shape index (κ3) is 4.29. The van der Waals surface area contributed by atoms with Crippen molar-refractivity contribution in [2.75, 3.05) is 5.75 Å². The average Bonchev–Trinajstić information content (AvgIpc) is 2.99. The third-order valence-corrected chi connectivity index (χ3v) is 5.19. The van der Waals surface area contributed by atoms with Crippen molar-refractivity contribution in [2.45, 2.75) is 25.7 Å². The van der Waals surface area contributed by atoms with E-state index in [9.17, 15) is 9.59 Å². The van der Waals surface area contributed by atoms with E-state index in [0.29, 0.717) is 21.8 Å². The summed E-state index contributed by atoms with van der Waals surface area (Å²) in [6.45, 7) is 3.63. The number of carbonyl (C=O) groups excluding carboxylic acids is 1. The minimum absolute atomic E-state index is 0.120. The van der Waals surface area contributed by atoms with E-state index in [2.05, 4.69) is 9.97 Å². The molecule has 0 aliphatic heterocycles. The van der Waals surface area contributed by atoms with Gasteiger partial charge in [0.2, 0.25) is 0 Å². The van der Waals surface area contributed by atoms with Crippen molar-refractivity contribution >= 4 is 39.3 Å². The van der Waals surface area contributed by atoms with E-state index in [1.54, 1.807) is 0 Å². The number of fused-ring (bicyclic) bond motifs is 1. The molecule has 5 nitrogen and oxygen atoms in total. The first kappa shape index (κ1) is 17.7. The lowest BCUT2D eigenvalue weighted by Crippen LogP contribution is -2.14. The van der Waals surface area contributed by atoms with Crippen LogP contribution < -0.4 is 5.56 Å². The second-order valence-electron chi connectivity index (χ2n) is 5.74. The largest absolute Gasteiger partial charge is 0.462 e. The molecule has 3 rings (SSSR count). The SMILES string of the molecule is CC(C)OC(=O)CSCc1nc2scc(-c3ccccc3)c2c(=O)[nH]1. The maximum absolute atomic E-state index is 12.5. The lowest BCUT2D eigenvalue weighted by Gasteiger charge is -2.07. The summed E-state index contributed by atoms with van der Waals surface area (Å²) in [5.74, 6) is 1.00. The number of thiophene rings is 1. The summed E-state index contributed by atoms with van der Waals surface area (Å²) in [5, 5.41) is 2.57. The van der Waals surface area contributed by atoms with Crippen LogP contribution in [0.2, 0.25) is 0 Å². The molecule has 0 fully saturated rings. The van der Waals surface area contributed by atoms with Gasteiger partial charge in [0.15, 0.2) is 0 Å². The topological polar surface area (TPSA) is 72.0 Å². The Morgan fingerprint density at radius 2 is 2.08 bits per heavy atom. The van der Waals surface area contributed by atoms with E-state index in [0.717, 1.165) is 11.1 Å². The molecule has 1 aromatic carbocycles. The fourth-order valence-corrected chi connectivity index (χ4v) is 4.05. The van der Waals surface area contributed by atoms with Gasteiger partial charge in [-0.25, -0.2) is 4.98 Å². The Balaban J connectivity index is 1.77. The Hall–Kier alpha value is -2.12. The van der Waals surface area contributed by atoms with Crippen molar-refractivity contribution < 1.29 is 9.53 Å². The Kier molecular flexibility index (Phi) is 5.55. The summed E-state index contributed by atoms with van der Waals surface area (Å²) in [5.41, 5.74) is 1.75. The van der Waals surface area contributed by atoms with Crippen LogP contribution in [0.3, 0.4) is 0 Å². The molecule has 7 heteroatoms. The highest BCUT2D eigenvalue weighted by molar-refractivity contribution is 7.99. The van der Waals surface area contributed by atoms with E-state index < -0.39 is 0 Å². The monoisotopic (exact) mass is 374 g/mol. The van der Waals surface area contributed by atoms with E-state index in [4.69, 9.17) is 4.74 Å². The van der Waals surface area contributed by atoms with Crippen molar-refractivity contribution in [1.29, 1.82) is 0 Å². The van der Waals surface area contributed by atoms with Crippen LogP contribution in [0.1, 0.15) is 19.7 Å². The first-order valence-corrected chi connectivity index (χ1v) is 9.91. The predicted octanol–water partition coefficient (Wildman–Crippen LogP) is 3.84. The van der Waals surface area contributed by atoms with Crippen molar-refractivity contribution in [2.24, 2.45) is 0 Å². The minimum Gasteiger partial charge on any atom is -0.462 e. The first-order valence-electron chi connectivity index (χ1n) is 7.87. The van der Waals surface area contributed by atoms with Crippen LogP contribution in [0.4, 0.5) is 0 Å². The number of aromatic amines is 1. The van der Waals surface area contributed by atoms with Gasteiger partial charge >= 0.3 is 5.97 Å². The molecule has 0 bridgehead atoms. The normalized spacial score (nSPS) is 11.2. The Labute approximate surface area is 153 Å². The molecule has 2 aromatic heterocycles. The van der Waals surface area contributed by atoms with Gasteiger partial charge in [-0.2, -0.15) is 0 Å². The van der Waals surface area contributed by atoms with Crippen molar-refractivity contribution in [3.8, 4) is 11.1 Å². The molecule has 1 N–H and O–H groups in total. The van der Waals surface area contributed by atoms with E-state index in [1.165, 1.54) is 23.1 Å². The fraction of sp³-hybridized carbons (Fsp3) is 0.278. The smallest absolute Gasteiger partial charge is 0.316 e. The molecule has 0 aliphatic carbocycles. The molecule has 0 saturated heterocycles. The van der Waals surface area contributed by atoms with Crippen LogP contribution in [0.15, 0.2) is 40.5 Å². The van der Waals surface area contributed by atoms with Gasteiger partial charge in [0.1, 0.15) is 10.7 Å². The number of nitrogens with one attached hydrogen (secondary N) is 1. The molecule has 130 valence electrons. The summed E-state index contributed by atoms with van der Waals surface area (Å²) in [7, 11) is 0. The second kappa shape index (κ2) is 7.84. The number of ether oxygens (including phenoxy) is 1. The zero-order valence-electron chi connectivity index (χ0n) is 13.9. The van der Waals surface area contributed by atoms with Crippen LogP contribution in [0.5, 0.6) is 0 Å². The van der Waals surface area contributed by atoms with Crippen molar-refractivity contribution in [1.82, 2.24) is 9.97 Å². The average molecular weight is 374 g/mol. The minimum atomic E-state index is -0.258. The van der Waals surface area contributed by atoms with Gasteiger partial charge in [0.25, 0.3) is 5.56 Å². The zero-order valence-corrected chi connectivity index (χ0v) is 15.6. The molecule has 25 heavy (non-hydrogen) atoms. The number of hydrogen-bond donors (Lipinski definition) is 1. The molecule has 0 saturated carbocycles. The Bertz CT molecular complexity index is 932. The highest BCUT2D eigenvalue weighted by Gasteiger charge is 2.13. The first-order chi connectivity index (χ1) is 12.0. The Morgan fingerprint density at radius 1 is 1.32 bits per heavy atom. The molecule has 0 radical (unpaired) electrons. The molecule has 2 heterocycles. The zero-order chi connectivity index (χ0) is 17.8. The van der Waals surface area contributed by atoms with E-state index >= 15 is 0 Å². The lowest BCUT2D eigenvalue weighted by atomic mass is 10.1. The van der Waals surface area contributed by atoms with Gasteiger partial charge < -0.3 is 9.72 Å². The molecule has 0 unspecified atom stereocenters. The predicted molar refractivity (Wildman–Crippen MR) is 103 cm³/mol. The molecular weight excluding hydrogens is 356 g/mol. The van der Waals surface area contributed by atoms with Gasteiger partial charge in [-0.05, 0) is 19.4 Å². The summed E-state index contributed by atoms with van der Waals surface area (Å²) in [6.07, 6.45) is -0.120. The van der Waals surface area contributed by atoms with Crippen LogP contribution in [0, 0.1) is 0 Å². The van der Waals surface area contributed by atoms with E-state index in [1.807, 2.05) is 49.6 Å². The summed E-state index contributed by atoms with van der Waals surface area (Å²) in [4.78, 5) is 32.1. The summed E-state index contributed by atoms with van der Waals surface area (Å²) < 4.78 is 5.08. The number of thioether (sulfide) groups is 1. The number of esters is 1. The maximum atomic E-state index is 12.5. The lowest BCUT2D eigenvalue weighted by molar-refractivity contribution is -0.144. The molecule has 0 spiro atoms. The number of hydrogen-bond acceptors (Lipinski definition) is 6. The maximum Gasteiger partial charge on any atom is 0.316 e. The third-order valence-electron chi connectivity index (χ3n) is 3.40. The van der Waals surface area contributed by atoms with Crippen molar-refractivity contribution in [3.05, 3.63) is 51.9 Å². The van der Waals surface area contributed by atoms with E-state index in [-0.39, 0.29) is 23.4 Å². The van der Waals surface area contributed by atoms with Gasteiger partial charge in [0, 0.05) is 10.9 Å². The summed E-state index contributed by atoms with van der Waals surface area (Å²) >= 11 is 2.83. The molecule has 0 aliphatic rings. The van der Waals surface area contributed by atoms with Crippen LogP contribution >= 0.6 is 23.1 Å². The van der Waals surface area contributed by atoms with Gasteiger partial charge in [-0.15, -0.1) is 23.1 Å². The highest BCUT2D eigenvalue weighted by Crippen LogP contribution is 2.30.